The van der Waals surface area contributed by atoms with Crippen molar-refractivity contribution >= 4 is 80.8 Å². The number of aliphatic hydroxyl groups excluding tert-OH is 2. The highest BCUT2D eigenvalue weighted by molar-refractivity contribution is 8.98. The van der Waals surface area contributed by atoms with Crippen LogP contribution in [0.1, 0.15) is 32.7 Å². The van der Waals surface area contributed by atoms with E-state index < -0.39 is 77.1 Å². The summed E-state index contributed by atoms with van der Waals surface area (Å²) >= 11 is 11.5. The predicted molar refractivity (Wildman–Crippen MR) is 192 cm³/mol. The summed E-state index contributed by atoms with van der Waals surface area (Å²) in [5, 5.41) is 19.0. The molecule has 23 heteroatoms. The number of aliphatic hydroxyl groups is 2. The zero-order chi connectivity index (χ0) is 34.3. The molecule has 2 saturated heterocycles. The highest BCUT2D eigenvalue weighted by atomic mass is 35.5. The Kier molecular flexibility index (Phi) is 17.3. The Labute approximate surface area is 280 Å². The Balaban J connectivity index is 0.000000260. The van der Waals surface area contributed by atoms with Crippen LogP contribution in [0.4, 0.5) is 8.78 Å². The maximum absolute atomic E-state index is 14.4. The molecule has 0 aliphatic carbocycles. The van der Waals surface area contributed by atoms with Crippen molar-refractivity contribution in [1.29, 1.82) is 0 Å². The Morgan fingerprint density at radius 1 is 0.956 bits per heavy atom. The standard InChI is InChI=1S/C12H16ClFN2O3.C10H12ClFN2O5.H8P7/c1-3-12(6-13)7(2)9(14)10(19-12)16-5-4-8(17)15-11(16)18;11-3-10(4-15)7(17)6(12)8(19-10)14-2-1-5(16)13-9(14)18;1-5-7(4)6(2)3/h4-5,7,9-10H,3,6H2,1-2H3,(H,15,17,18);1-2,6-8,15,17H,3-4H2,(H,13,16,18);1-4H2/q;;-1/t7-,9+,10+,12-;6-,7+,8-,10-;/m01./s1. The Morgan fingerprint density at radius 3 is 1.69 bits per heavy atom. The number of aromatic amines is 2. The average Bonchev–Trinajstić information content (AvgIpc) is 3.42. The van der Waals surface area contributed by atoms with Gasteiger partial charge in [-0.25, -0.2) is 25.4 Å². The average molecular weight is 810 g/mol. The summed E-state index contributed by atoms with van der Waals surface area (Å²) < 4.78 is 41.2. The zero-order valence-electron chi connectivity index (χ0n) is 24.0. The third-order valence-corrected chi connectivity index (χ3v) is 36.6. The number of H-pyrrole nitrogens is 2. The lowest BCUT2D eigenvalue weighted by Gasteiger charge is -2.29. The van der Waals surface area contributed by atoms with Gasteiger partial charge in [-0.15, -0.1) is 50.0 Å². The predicted octanol–water partition coefficient (Wildman–Crippen LogP) is 4.05. The summed E-state index contributed by atoms with van der Waals surface area (Å²) in [4.78, 5) is 49.2. The number of rotatable bonds is 8. The van der Waals surface area contributed by atoms with E-state index in [4.69, 9.17) is 32.7 Å². The third-order valence-electron chi connectivity index (χ3n) is 7.33. The molecule has 2 aliphatic rings. The lowest BCUT2D eigenvalue weighted by molar-refractivity contribution is -0.115. The first-order valence-electron chi connectivity index (χ1n) is 13.0. The number of ether oxygens (including phenoxy) is 2. The van der Waals surface area contributed by atoms with E-state index in [9.17, 15) is 38.2 Å². The summed E-state index contributed by atoms with van der Waals surface area (Å²) in [5.74, 6) is -0.627. The van der Waals surface area contributed by atoms with Crippen molar-refractivity contribution in [3.63, 3.8) is 0 Å². The molecule has 5 unspecified atom stereocenters. The van der Waals surface area contributed by atoms with Gasteiger partial charge < -0.3 is 27.6 Å². The number of halogens is 4. The van der Waals surface area contributed by atoms with Gasteiger partial charge in [-0.05, 0) is 6.42 Å². The molecule has 0 saturated carbocycles. The number of alkyl halides is 4. The summed E-state index contributed by atoms with van der Waals surface area (Å²) in [7, 11) is 12.7. The van der Waals surface area contributed by atoms with E-state index in [0.717, 1.165) is 27.5 Å². The molecule has 0 spiro atoms. The van der Waals surface area contributed by atoms with Crippen molar-refractivity contribution in [2.75, 3.05) is 18.4 Å². The van der Waals surface area contributed by atoms with Gasteiger partial charge in [-0.1, -0.05) is 20.8 Å². The maximum atomic E-state index is 14.4. The van der Waals surface area contributed by atoms with Gasteiger partial charge in [0, 0.05) is 30.4 Å². The first-order chi connectivity index (χ1) is 21.1. The maximum Gasteiger partial charge on any atom is 0.330 e. The molecule has 2 aromatic heterocycles. The van der Waals surface area contributed by atoms with Gasteiger partial charge in [-0.2, -0.15) is 0 Å². The Hall–Kier alpha value is 0.650. The highest BCUT2D eigenvalue weighted by Gasteiger charge is 2.56. The Morgan fingerprint density at radius 2 is 1.40 bits per heavy atom. The van der Waals surface area contributed by atoms with E-state index >= 15 is 0 Å². The van der Waals surface area contributed by atoms with Crippen LogP contribution in [-0.4, -0.2) is 77.3 Å². The van der Waals surface area contributed by atoms with E-state index in [1.54, 1.807) is 6.92 Å². The largest absolute Gasteiger partial charge is 0.472 e. The van der Waals surface area contributed by atoms with Crippen molar-refractivity contribution in [2.24, 2.45) is 5.92 Å². The number of hydrogen-bond acceptors (Lipinski definition) is 8. The molecule has 0 radical (unpaired) electrons. The van der Waals surface area contributed by atoms with Crippen LogP contribution in [0.25, 0.3) is 0 Å². The van der Waals surface area contributed by atoms with Gasteiger partial charge in [0.1, 0.15) is 11.7 Å². The number of nitrogens with zero attached hydrogens (tertiary/aromatic N) is 2. The van der Waals surface area contributed by atoms with Gasteiger partial charge >= 0.3 is 11.4 Å². The van der Waals surface area contributed by atoms with Crippen molar-refractivity contribution < 1.29 is 28.5 Å². The van der Waals surface area contributed by atoms with Gasteiger partial charge in [0.15, 0.2) is 24.8 Å². The fourth-order valence-electron chi connectivity index (χ4n) is 4.44. The van der Waals surface area contributed by atoms with E-state index in [2.05, 4.69) is 40.7 Å². The number of nitrogens with one attached hydrogen (secondary N) is 2. The molecular formula is C22H36Cl2F2N4O8P7-. The first-order valence-corrected chi connectivity index (χ1v) is 25.5. The summed E-state index contributed by atoms with van der Waals surface area (Å²) in [6.45, 7) is 3.25. The lowest BCUT2D eigenvalue weighted by atomic mass is 9.87. The topological polar surface area (TPSA) is 169 Å². The minimum atomic E-state index is -1.96. The van der Waals surface area contributed by atoms with Crippen molar-refractivity contribution in [3.05, 3.63) is 66.2 Å². The Bertz CT molecular complexity index is 1380. The fraction of sp³-hybridized carbons (Fsp3) is 0.636. The third kappa shape index (κ3) is 9.88. The molecule has 0 aromatic carbocycles. The van der Waals surface area contributed by atoms with Gasteiger partial charge in [0.25, 0.3) is 11.1 Å². The molecule has 13 atom stereocenters. The molecule has 256 valence electrons. The van der Waals surface area contributed by atoms with Gasteiger partial charge in [-0.3, -0.25) is 37.6 Å². The lowest BCUT2D eigenvalue weighted by Crippen LogP contribution is -2.47. The molecule has 0 bridgehead atoms. The highest BCUT2D eigenvalue weighted by Crippen LogP contribution is 2.92. The molecule has 2 aliphatic heterocycles. The van der Waals surface area contributed by atoms with Crippen LogP contribution in [0, 0.1) is 5.92 Å². The summed E-state index contributed by atoms with van der Waals surface area (Å²) in [5.41, 5.74) is -5.20. The minimum absolute atomic E-state index is 0.152. The van der Waals surface area contributed by atoms with E-state index in [1.165, 1.54) is 14.2 Å². The van der Waals surface area contributed by atoms with Crippen molar-refractivity contribution in [1.82, 2.24) is 19.1 Å². The number of aromatic nitrogens is 4. The van der Waals surface area contributed by atoms with E-state index in [1.807, 2.05) is 11.9 Å². The normalized spacial score (nSPS) is 31.8. The van der Waals surface area contributed by atoms with Crippen LogP contribution >= 0.6 is 80.8 Å². The molecule has 45 heavy (non-hydrogen) atoms. The second-order valence-electron chi connectivity index (χ2n) is 9.90. The smallest absolute Gasteiger partial charge is 0.330 e. The summed E-state index contributed by atoms with van der Waals surface area (Å²) in [6.07, 6.45) is -4.69. The molecule has 4 rings (SSSR count). The van der Waals surface area contributed by atoms with Crippen LogP contribution in [0.2, 0.25) is 0 Å². The SMILES string of the molecule is CC[C@@]1(CCl)O[C@@H](n2ccc(=O)[nH]c2=O)[C@H](F)[C@@H]1C.O=c1ccn([C@@H]2O[C@@](CO)(CCl)[C@@H](O)[C@H]2F)c(=O)[nH]1.P[P-]P(P)P(P)P. The van der Waals surface area contributed by atoms with Gasteiger partial charge in [0.2, 0.25) is 0 Å². The molecule has 2 fully saturated rings. The van der Waals surface area contributed by atoms with E-state index in [0.29, 0.717) is 6.42 Å². The van der Waals surface area contributed by atoms with Crippen LogP contribution < -0.4 is 22.5 Å². The van der Waals surface area contributed by atoms with Crippen LogP contribution in [0.15, 0.2) is 43.7 Å². The monoisotopic (exact) mass is 809 g/mol. The number of hydrogen-bond donors (Lipinski definition) is 4. The second kappa shape index (κ2) is 18.6. The second-order valence-corrected chi connectivity index (χ2v) is 31.6. The van der Waals surface area contributed by atoms with Gasteiger partial charge in [0.05, 0.1) is 24.0 Å². The van der Waals surface area contributed by atoms with Crippen LogP contribution in [0.3, 0.4) is 0 Å². The fourth-order valence-corrected chi connectivity index (χ4v) is 19.7. The molecule has 12 nitrogen and oxygen atoms in total. The molecule has 4 N–H and O–H groups in total. The molecular weight excluding hydrogens is 774 g/mol. The minimum Gasteiger partial charge on any atom is -0.472 e. The molecule has 0 amide bonds. The summed E-state index contributed by atoms with van der Waals surface area (Å²) in [6, 6.07) is 2.18. The van der Waals surface area contributed by atoms with Crippen LogP contribution in [-0.2, 0) is 9.47 Å². The first kappa shape index (κ1) is 41.8. The van der Waals surface area contributed by atoms with E-state index in [-0.39, 0.29) is 25.7 Å². The van der Waals surface area contributed by atoms with Crippen molar-refractivity contribution in [2.45, 2.75) is 62.4 Å². The quantitative estimate of drug-likeness (QED) is 0.229. The van der Waals surface area contributed by atoms with Crippen LogP contribution in [0.5, 0.6) is 0 Å². The van der Waals surface area contributed by atoms with Crippen molar-refractivity contribution in [3.8, 4) is 0 Å². The molecule has 2 aromatic rings. The molecule has 4 heterocycles. The zero-order valence-corrected chi connectivity index (χ0v) is 32.8.